The first-order valence-corrected chi connectivity index (χ1v) is 10.7. The van der Waals surface area contributed by atoms with E-state index in [9.17, 15) is 13.2 Å². The lowest BCUT2D eigenvalue weighted by molar-refractivity contribution is -0.116. The summed E-state index contributed by atoms with van der Waals surface area (Å²) in [6, 6.07) is 4.23. The SMILES string of the molecule is COc1ccc(S(=O)(=O)N(C)CC(=O)Nc2nnc(SC)s2)cc1OC. The molecule has 0 unspecified atom stereocenters. The van der Waals surface area contributed by atoms with E-state index in [1.54, 1.807) is 0 Å². The summed E-state index contributed by atoms with van der Waals surface area (Å²) < 4.78 is 37.2. The van der Waals surface area contributed by atoms with Crippen LogP contribution in [0.3, 0.4) is 0 Å². The van der Waals surface area contributed by atoms with Crippen molar-refractivity contribution in [2.75, 3.05) is 39.4 Å². The molecule has 0 radical (unpaired) electrons. The van der Waals surface area contributed by atoms with Crippen molar-refractivity contribution >= 4 is 44.2 Å². The quantitative estimate of drug-likeness (QED) is 0.508. The zero-order chi connectivity index (χ0) is 19.3. The minimum atomic E-state index is -3.88. The van der Waals surface area contributed by atoms with E-state index in [1.807, 2.05) is 6.26 Å². The molecule has 0 fully saturated rings. The number of benzene rings is 1. The largest absolute Gasteiger partial charge is 0.493 e. The molecule has 0 saturated carbocycles. The van der Waals surface area contributed by atoms with Crippen LogP contribution < -0.4 is 14.8 Å². The Morgan fingerprint density at radius 3 is 2.54 bits per heavy atom. The summed E-state index contributed by atoms with van der Waals surface area (Å²) in [6.45, 7) is -0.370. The molecule has 1 amide bonds. The van der Waals surface area contributed by atoms with E-state index in [0.717, 1.165) is 4.31 Å². The van der Waals surface area contributed by atoms with Crippen molar-refractivity contribution in [3.63, 3.8) is 0 Å². The lowest BCUT2D eigenvalue weighted by Crippen LogP contribution is -2.35. The summed E-state index contributed by atoms with van der Waals surface area (Å²) in [7, 11) is 0.305. The summed E-state index contributed by atoms with van der Waals surface area (Å²) in [5, 5.41) is 10.5. The van der Waals surface area contributed by atoms with Gasteiger partial charge in [-0.05, 0) is 18.4 Å². The van der Waals surface area contributed by atoms with Gasteiger partial charge in [0.05, 0.1) is 25.7 Å². The molecule has 0 spiro atoms. The first kappa shape index (κ1) is 20.4. The van der Waals surface area contributed by atoms with Gasteiger partial charge in [0.15, 0.2) is 15.8 Å². The number of hydrogen-bond donors (Lipinski definition) is 1. The van der Waals surface area contributed by atoms with E-state index in [4.69, 9.17) is 9.47 Å². The number of carbonyl (C=O) groups excluding carboxylic acids is 1. The van der Waals surface area contributed by atoms with Gasteiger partial charge in [-0.15, -0.1) is 10.2 Å². The first-order chi connectivity index (χ1) is 12.3. The Kier molecular flexibility index (Phi) is 6.81. The fourth-order valence-electron chi connectivity index (χ4n) is 1.95. The molecule has 0 atom stereocenters. The molecule has 26 heavy (non-hydrogen) atoms. The number of hydrogen-bond acceptors (Lipinski definition) is 9. The van der Waals surface area contributed by atoms with Crippen molar-refractivity contribution in [1.29, 1.82) is 0 Å². The second-order valence-corrected chi connectivity index (χ2v) is 8.98. The monoisotopic (exact) mass is 418 g/mol. The number of nitrogens with one attached hydrogen (secondary N) is 1. The molecule has 2 rings (SSSR count). The molecule has 2 aromatic rings. The molecular formula is C14H18N4O5S3. The average Bonchev–Trinajstić information content (AvgIpc) is 3.08. The predicted octanol–water partition coefficient (Wildman–Crippen LogP) is 1.54. The van der Waals surface area contributed by atoms with E-state index >= 15 is 0 Å². The molecule has 0 aliphatic rings. The maximum Gasteiger partial charge on any atom is 0.243 e. The van der Waals surface area contributed by atoms with Crippen LogP contribution in [-0.2, 0) is 14.8 Å². The Morgan fingerprint density at radius 2 is 1.96 bits per heavy atom. The smallest absolute Gasteiger partial charge is 0.243 e. The van der Waals surface area contributed by atoms with E-state index in [-0.39, 0.29) is 17.2 Å². The molecular weight excluding hydrogens is 400 g/mol. The second-order valence-electron chi connectivity index (χ2n) is 4.90. The molecule has 1 aromatic carbocycles. The van der Waals surface area contributed by atoms with Gasteiger partial charge in [-0.1, -0.05) is 23.1 Å². The molecule has 0 bridgehead atoms. The zero-order valence-corrected chi connectivity index (χ0v) is 17.0. The number of nitrogens with zero attached hydrogens (tertiary/aromatic N) is 3. The van der Waals surface area contributed by atoms with Crippen LogP contribution in [0.15, 0.2) is 27.4 Å². The number of sulfonamides is 1. The number of thioether (sulfide) groups is 1. The van der Waals surface area contributed by atoms with E-state index < -0.39 is 15.9 Å². The number of carbonyl (C=O) groups is 1. The number of amides is 1. The highest BCUT2D eigenvalue weighted by Gasteiger charge is 2.25. The van der Waals surface area contributed by atoms with Gasteiger partial charge in [0.2, 0.25) is 21.1 Å². The summed E-state index contributed by atoms with van der Waals surface area (Å²) >= 11 is 2.62. The lowest BCUT2D eigenvalue weighted by Gasteiger charge is -2.17. The van der Waals surface area contributed by atoms with E-state index in [0.29, 0.717) is 15.2 Å². The molecule has 142 valence electrons. The number of likely N-dealkylation sites (N-methyl/N-ethyl adjacent to an activating group) is 1. The van der Waals surface area contributed by atoms with Gasteiger partial charge in [-0.2, -0.15) is 4.31 Å². The Balaban J connectivity index is 2.11. The van der Waals surface area contributed by atoms with Crippen LogP contribution in [0, 0.1) is 0 Å². The standard InChI is InChI=1S/C14H18N4O5S3/c1-18(8-12(19)15-13-16-17-14(24-4)25-13)26(20,21)9-5-6-10(22-2)11(7-9)23-3/h5-7H,8H2,1-4H3,(H,15,16,19). The first-order valence-electron chi connectivity index (χ1n) is 7.17. The van der Waals surface area contributed by atoms with Crippen LogP contribution in [0.1, 0.15) is 0 Å². The van der Waals surface area contributed by atoms with Gasteiger partial charge in [0.1, 0.15) is 0 Å². The number of ether oxygens (including phenoxy) is 2. The summed E-state index contributed by atoms with van der Waals surface area (Å²) in [5.41, 5.74) is 0. The minimum absolute atomic E-state index is 0.00830. The van der Waals surface area contributed by atoms with Crippen LogP contribution in [0.4, 0.5) is 5.13 Å². The van der Waals surface area contributed by atoms with Crippen LogP contribution in [0.5, 0.6) is 11.5 Å². The van der Waals surface area contributed by atoms with Crippen molar-refractivity contribution in [3.8, 4) is 11.5 Å². The van der Waals surface area contributed by atoms with Gasteiger partial charge < -0.3 is 9.47 Å². The van der Waals surface area contributed by atoms with Crippen molar-refractivity contribution < 1.29 is 22.7 Å². The number of methoxy groups -OCH3 is 2. The topological polar surface area (TPSA) is 111 Å². The van der Waals surface area contributed by atoms with Gasteiger partial charge in [0, 0.05) is 13.1 Å². The molecule has 1 heterocycles. The molecule has 0 aliphatic heterocycles. The fourth-order valence-corrected chi connectivity index (χ4v) is 4.27. The number of anilines is 1. The third-order valence-corrected chi connectivity index (χ3v) is 6.87. The molecule has 12 heteroatoms. The average molecular weight is 419 g/mol. The normalized spacial score (nSPS) is 11.4. The van der Waals surface area contributed by atoms with Gasteiger partial charge in [-0.3, -0.25) is 10.1 Å². The van der Waals surface area contributed by atoms with Crippen molar-refractivity contribution in [2.45, 2.75) is 9.24 Å². The number of aromatic nitrogens is 2. The summed E-state index contributed by atoms with van der Waals surface area (Å²) in [4.78, 5) is 12.1. The molecule has 1 N–H and O–H groups in total. The third kappa shape index (κ3) is 4.63. The summed E-state index contributed by atoms with van der Waals surface area (Å²) in [6.07, 6.45) is 1.84. The Hall–Kier alpha value is -1.89. The molecule has 1 aromatic heterocycles. The Labute approximate surface area is 159 Å². The van der Waals surface area contributed by atoms with Crippen LogP contribution >= 0.6 is 23.1 Å². The molecule has 0 saturated heterocycles. The zero-order valence-electron chi connectivity index (χ0n) is 14.5. The highest BCUT2D eigenvalue weighted by molar-refractivity contribution is 8.00. The highest BCUT2D eigenvalue weighted by Crippen LogP contribution is 2.30. The lowest BCUT2D eigenvalue weighted by atomic mass is 10.3. The van der Waals surface area contributed by atoms with Gasteiger partial charge >= 0.3 is 0 Å². The highest BCUT2D eigenvalue weighted by atomic mass is 32.2. The van der Waals surface area contributed by atoms with E-state index in [1.165, 1.54) is 62.6 Å². The van der Waals surface area contributed by atoms with Gasteiger partial charge in [-0.25, -0.2) is 8.42 Å². The van der Waals surface area contributed by atoms with Crippen molar-refractivity contribution in [2.24, 2.45) is 0 Å². The Morgan fingerprint density at radius 1 is 1.27 bits per heavy atom. The second kappa shape index (κ2) is 8.66. The molecule has 0 aliphatic carbocycles. The Bertz CT molecular complexity index is 884. The minimum Gasteiger partial charge on any atom is -0.493 e. The van der Waals surface area contributed by atoms with Crippen LogP contribution in [0.25, 0.3) is 0 Å². The van der Waals surface area contributed by atoms with Gasteiger partial charge in [0.25, 0.3) is 0 Å². The van der Waals surface area contributed by atoms with Crippen molar-refractivity contribution in [1.82, 2.24) is 14.5 Å². The maximum atomic E-state index is 12.7. The number of rotatable bonds is 8. The third-order valence-electron chi connectivity index (χ3n) is 3.26. The van der Waals surface area contributed by atoms with Crippen molar-refractivity contribution in [3.05, 3.63) is 18.2 Å². The summed E-state index contributed by atoms with van der Waals surface area (Å²) in [5.74, 6) is 0.179. The fraction of sp³-hybridized carbons (Fsp3) is 0.357. The predicted molar refractivity (Wildman–Crippen MR) is 99.7 cm³/mol. The van der Waals surface area contributed by atoms with Crippen LogP contribution in [0.2, 0.25) is 0 Å². The van der Waals surface area contributed by atoms with Crippen LogP contribution in [-0.4, -0.2) is 62.9 Å². The maximum absolute atomic E-state index is 12.7. The molecule has 9 nitrogen and oxygen atoms in total. The van der Waals surface area contributed by atoms with E-state index in [2.05, 4.69) is 15.5 Å².